The van der Waals surface area contributed by atoms with Crippen molar-refractivity contribution in [3.05, 3.63) is 12.2 Å². The maximum absolute atomic E-state index is 6.24. The number of hydrogen-bond donors (Lipinski definition) is 0. The van der Waals surface area contributed by atoms with Gasteiger partial charge in [-0.15, -0.1) is 0 Å². The molecule has 0 aromatic carbocycles. The summed E-state index contributed by atoms with van der Waals surface area (Å²) in [6.07, 6.45) is 18.1. The Labute approximate surface area is 112 Å². The minimum absolute atomic E-state index is 0.334. The zero-order chi connectivity index (χ0) is 12.6. The van der Waals surface area contributed by atoms with Gasteiger partial charge in [0.25, 0.3) is 0 Å². The molecule has 0 aromatic rings. The molecule has 104 valence electrons. The van der Waals surface area contributed by atoms with Crippen LogP contribution in [0.15, 0.2) is 12.2 Å². The highest BCUT2D eigenvalue weighted by atomic mass is 16.7. The molecule has 2 rings (SSSR count). The first-order valence-electron chi connectivity index (χ1n) is 8.00. The van der Waals surface area contributed by atoms with Crippen LogP contribution in [-0.2, 0) is 4.84 Å². The Hall–Kier alpha value is -0.340. The Bertz CT molecular complexity index is 245. The van der Waals surface area contributed by atoms with Gasteiger partial charge in [-0.1, -0.05) is 57.6 Å². The van der Waals surface area contributed by atoms with Crippen LogP contribution in [0.1, 0.15) is 71.1 Å². The summed E-state index contributed by atoms with van der Waals surface area (Å²) >= 11 is 0. The molecule has 0 radical (unpaired) electrons. The molecule has 1 heterocycles. The van der Waals surface area contributed by atoms with Gasteiger partial charge >= 0.3 is 0 Å². The number of unbranched alkanes of at least 4 members (excludes halogenated alkanes) is 2. The molecule has 1 aliphatic carbocycles. The minimum Gasteiger partial charge on any atom is -0.291 e. The first-order chi connectivity index (χ1) is 8.90. The van der Waals surface area contributed by atoms with Gasteiger partial charge in [0.15, 0.2) is 0 Å². The van der Waals surface area contributed by atoms with Crippen molar-refractivity contribution in [3.63, 3.8) is 0 Å². The normalized spacial score (nSPS) is 27.3. The number of rotatable bonds is 5. The lowest BCUT2D eigenvalue weighted by Crippen LogP contribution is -2.39. The van der Waals surface area contributed by atoms with Crippen molar-refractivity contribution in [3.8, 4) is 0 Å². The Morgan fingerprint density at radius 3 is 2.78 bits per heavy atom. The van der Waals surface area contributed by atoms with Crippen molar-refractivity contribution in [2.45, 2.75) is 83.3 Å². The van der Waals surface area contributed by atoms with E-state index >= 15 is 0 Å². The van der Waals surface area contributed by atoms with E-state index < -0.39 is 0 Å². The fourth-order valence-electron chi connectivity index (χ4n) is 3.09. The van der Waals surface area contributed by atoms with Gasteiger partial charge in [-0.3, -0.25) is 4.84 Å². The van der Waals surface area contributed by atoms with Crippen LogP contribution in [0, 0.1) is 0 Å². The zero-order valence-electron chi connectivity index (χ0n) is 11.9. The van der Waals surface area contributed by atoms with Crippen LogP contribution in [-0.4, -0.2) is 23.8 Å². The Balaban J connectivity index is 1.80. The molecule has 0 spiro atoms. The van der Waals surface area contributed by atoms with Gasteiger partial charge in [0.2, 0.25) is 0 Å². The van der Waals surface area contributed by atoms with E-state index in [0.29, 0.717) is 12.1 Å². The summed E-state index contributed by atoms with van der Waals surface area (Å²) in [7, 11) is 0. The van der Waals surface area contributed by atoms with Crippen molar-refractivity contribution in [2.24, 2.45) is 0 Å². The lowest BCUT2D eigenvalue weighted by Gasteiger charge is -2.34. The topological polar surface area (TPSA) is 12.5 Å². The molecule has 1 aliphatic heterocycles. The standard InChI is InChI=1S/C16H29NO/c1-2-3-5-12-16-13-8-9-14-17(18-16)15-10-6-4-7-11-15/h8,13,15-16H,2-7,9-12,14H2,1H3. The molecule has 1 atom stereocenters. The van der Waals surface area contributed by atoms with E-state index in [0.717, 1.165) is 13.0 Å². The second-order valence-corrected chi connectivity index (χ2v) is 5.79. The minimum atomic E-state index is 0.334. The quantitative estimate of drug-likeness (QED) is 0.528. The monoisotopic (exact) mass is 251 g/mol. The van der Waals surface area contributed by atoms with E-state index in [2.05, 4.69) is 24.1 Å². The molecule has 1 unspecified atom stereocenters. The Kier molecular flexibility index (Phi) is 6.22. The number of hydrogen-bond acceptors (Lipinski definition) is 2. The van der Waals surface area contributed by atoms with Crippen LogP contribution < -0.4 is 0 Å². The van der Waals surface area contributed by atoms with E-state index in [4.69, 9.17) is 4.84 Å². The van der Waals surface area contributed by atoms with Gasteiger partial charge in [-0.05, 0) is 25.7 Å². The molecule has 0 saturated heterocycles. The first kappa shape index (κ1) is 14.1. The summed E-state index contributed by atoms with van der Waals surface area (Å²) < 4.78 is 0. The number of hydroxylamine groups is 2. The summed E-state index contributed by atoms with van der Waals surface area (Å²) in [5.74, 6) is 0. The fraction of sp³-hybridized carbons (Fsp3) is 0.875. The predicted molar refractivity (Wildman–Crippen MR) is 76.4 cm³/mol. The molecule has 0 aromatic heterocycles. The van der Waals surface area contributed by atoms with Crippen LogP contribution in [0.4, 0.5) is 0 Å². The predicted octanol–water partition coefficient (Wildman–Crippen LogP) is 4.46. The average molecular weight is 251 g/mol. The lowest BCUT2D eigenvalue weighted by molar-refractivity contribution is -0.212. The maximum Gasteiger partial charge on any atom is 0.0974 e. The van der Waals surface area contributed by atoms with E-state index in [1.807, 2.05) is 0 Å². The maximum atomic E-state index is 6.24. The second-order valence-electron chi connectivity index (χ2n) is 5.79. The molecule has 1 fully saturated rings. The summed E-state index contributed by atoms with van der Waals surface area (Å²) in [6.45, 7) is 3.35. The van der Waals surface area contributed by atoms with Gasteiger partial charge in [-0.25, -0.2) is 0 Å². The van der Waals surface area contributed by atoms with Crippen LogP contribution in [0.2, 0.25) is 0 Å². The van der Waals surface area contributed by atoms with E-state index in [1.165, 1.54) is 57.8 Å². The van der Waals surface area contributed by atoms with Crippen LogP contribution in [0.3, 0.4) is 0 Å². The molecule has 2 nitrogen and oxygen atoms in total. The highest BCUT2D eigenvalue weighted by molar-refractivity contribution is 4.92. The molecular weight excluding hydrogens is 222 g/mol. The highest BCUT2D eigenvalue weighted by Gasteiger charge is 2.24. The Morgan fingerprint density at radius 1 is 1.17 bits per heavy atom. The van der Waals surface area contributed by atoms with Crippen LogP contribution >= 0.6 is 0 Å². The van der Waals surface area contributed by atoms with E-state index in [1.54, 1.807) is 0 Å². The van der Waals surface area contributed by atoms with Gasteiger partial charge in [-0.2, -0.15) is 5.06 Å². The van der Waals surface area contributed by atoms with Crippen LogP contribution in [0.5, 0.6) is 0 Å². The smallest absolute Gasteiger partial charge is 0.0974 e. The van der Waals surface area contributed by atoms with Gasteiger partial charge < -0.3 is 0 Å². The van der Waals surface area contributed by atoms with Crippen molar-refractivity contribution in [2.75, 3.05) is 6.54 Å². The first-order valence-corrected chi connectivity index (χ1v) is 8.00. The molecule has 0 N–H and O–H groups in total. The van der Waals surface area contributed by atoms with Crippen molar-refractivity contribution < 1.29 is 4.84 Å². The molecular formula is C16H29NO. The molecule has 0 bridgehead atoms. The lowest BCUT2D eigenvalue weighted by atomic mass is 9.95. The SMILES string of the molecule is CCCCCC1C=CCCN(C2CCCCC2)O1. The van der Waals surface area contributed by atoms with Crippen molar-refractivity contribution >= 4 is 0 Å². The third-order valence-electron chi connectivity index (χ3n) is 4.21. The number of nitrogens with zero attached hydrogens (tertiary/aromatic N) is 1. The second kappa shape index (κ2) is 7.96. The fourth-order valence-corrected chi connectivity index (χ4v) is 3.09. The third kappa shape index (κ3) is 4.40. The zero-order valence-corrected chi connectivity index (χ0v) is 11.9. The molecule has 2 aliphatic rings. The third-order valence-corrected chi connectivity index (χ3v) is 4.21. The van der Waals surface area contributed by atoms with Gasteiger partial charge in [0.1, 0.15) is 0 Å². The van der Waals surface area contributed by atoms with Crippen molar-refractivity contribution in [1.82, 2.24) is 5.06 Å². The van der Waals surface area contributed by atoms with Gasteiger partial charge in [0.05, 0.1) is 6.10 Å². The molecule has 1 saturated carbocycles. The largest absolute Gasteiger partial charge is 0.291 e. The molecule has 2 heteroatoms. The van der Waals surface area contributed by atoms with Crippen LogP contribution in [0.25, 0.3) is 0 Å². The summed E-state index contributed by atoms with van der Waals surface area (Å²) in [4.78, 5) is 6.24. The molecule has 0 amide bonds. The van der Waals surface area contributed by atoms with E-state index in [-0.39, 0.29) is 0 Å². The highest BCUT2D eigenvalue weighted by Crippen LogP contribution is 2.25. The Morgan fingerprint density at radius 2 is 2.00 bits per heavy atom. The summed E-state index contributed by atoms with van der Waals surface area (Å²) in [5, 5.41) is 2.32. The van der Waals surface area contributed by atoms with Gasteiger partial charge in [0, 0.05) is 12.6 Å². The summed E-state index contributed by atoms with van der Waals surface area (Å²) in [6, 6.07) is 0.687. The average Bonchev–Trinajstić information content (AvgIpc) is 2.66. The van der Waals surface area contributed by atoms with E-state index in [9.17, 15) is 0 Å². The summed E-state index contributed by atoms with van der Waals surface area (Å²) in [5.41, 5.74) is 0. The molecule has 18 heavy (non-hydrogen) atoms. The van der Waals surface area contributed by atoms with Crippen molar-refractivity contribution in [1.29, 1.82) is 0 Å².